The predicted molar refractivity (Wildman–Crippen MR) is 226 cm³/mol. The third-order valence-corrected chi connectivity index (χ3v) is 8.78. The topological polar surface area (TPSA) is 3.24 Å². The summed E-state index contributed by atoms with van der Waals surface area (Å²) in [5.74, 6) is 0. The standard InChI is InChI=1S/C52H37N/c1-3-12-38(13-4-1)40-24-26-41(27-25-40)42-28-32-48(33-29-42)53(50-21-10-20-47(37-50)52-23-11-17-44-16-7-8-22-51(44)52)49-34-30-43(31-35-49)46-19-9-18-45(36-46)39-14-5-2-6-15-39/h1-37H/i1D,3D,4D,10D,12D,13D,20D,21D,24D,25D,26D,27D,28D,29D,32D,33D,37D. The van der Waals surface area contributed by atoms with Crippen molar-refractivity contribution in [2.24, 2.45) is 0 Å². The van der Waals surface area contributed by atoms with Crippen molar-refractivity contribution in [3.63, 3.8) is 0 Å². The van der Waals surface area contributed by atoms with Crippen LogP contribution in [0.15, 0.2) is 224 Å². The van der Waals surface area contributed by atoms with Gasteiger partial charge < -0.3 is 4.90 Å². The molecule has 0 aliphatic rings. The quantitative estimate of drug-likeness (QED) is 0.153. The van der Waals surface area contributed by atoms with Crippen LogP contribution in [0.3, 0.4) is 0 Å². The molecule has 0 saturated heterocycles. The van der Waals surface area contributed by atoms with E-state index in [0.717, 1.165) is 27.6 Å². The lowest BCUT2D eigenvalue weighted by Gasteiger charge is -2.26. The maximum Gasteiger partial charge on any atom is 0.0651 e. The Morgan fingerprint density at radius 2 is 0.868 bits per heavy atom. The third-order valence-electron chi connectivity index (χ3n) is 8.78. The molecule has 0 aliphatic heterocycles. The molecular formula is C52H37N. The highest BCUT2D eigenvalue weighted by molar-refractivity contribution is 5.97. The fourth-order valence-electron chi connectivity index (χ4n) is 6.19. The summed E-state index contributed by atoms with van der Waals surface area (Å²) >= 11 is 0. The third kappa shape index (κ3) is 6.65. The summed E-state index contributed by atoms with van der Waals surface area (Å²) < 4.78 is 153. The number of hydrogen-bond donors (Lipinski definition) is 0. The predicted octanol–water partition coefficient (Wildman–Crippen LogP) is 14.6. The number of fused-ring (bicyclic) bond motifs is 1. The van der Waals surface area contributed by atoms with Crippen molar-refractivity contribution in [2.45, 2.75) is 0 Å². The molecule has 9 rings (SSSR count). The minimum atomic E-state index is -0.869. The number of hydrogen-bond acceptors (Lipinski definition) is 1. The molecule has 0 saturated carbocycles. The maximum absolute atomic E-state index is 9.80. The molecule has 0 radical (unpaired) electrons. The average Bonchev–Trinajstić information content (AvgIpc) is 3.37. The Balaban J connectivity index is 1.29. The van der Waals surface area contributed by atoms with Crippen molar-refractivity contribution in [1.29, 1.82) is 0 Å². The minimum absolute atomic E-state index is 0.0260. The van der Waals surface area contributed by atoms with E-state index in [1.807, 2.05) is 72.8 Å². The molecule has 9 aromatic carbocycles. The molecule has 0 heterocycles. The fraction of sp³-hybridized carbons (Fsp3) is 0. The smallest absolute Gasteiger partial charge is 0.0651 e. The van der Waals surface area contributed by atoms with Crippen molar-refractivity contribution in [3.8, 4) is 55.6 Å². The Bertz CT molecular complexity index is 3540. The molecule has 0 N–H and O–H groups in total. The van der Waals surface area contributed by atoms with E-state index in [4.69, 9.17) is 15.1 Å². The summed E-state index contributed by atoms with van der Waals surface area (Å²) in [4.78, 5) is 1.17. The van der Waals surface area contributed by atoms with E-state index in [9.17, 15) is 8.22 Å². The summed E-state index contributed by atoms with van der Waals surface area (Å²) in [7, 11) is 0. The van der Waals surface area contributed by atoms with Crippen molar-refractivity contribution >= 4 is 27.8 Å². The average molecular weight is 693 g/mol. The molecule has 0 atom stereocenters. The monoisotopic (exact) mass is 692 g/mol. The van der Waals surface area contributed by atoms with Gasteiger partial charge in [-0.1, -0.05) is 182 Å². The molecule has 0 spiro atoms. The van der Waals surface area contributed by atoms with Crippen LogP contribution in [0.4, 0.5) is 17.1 Å². The lowest BCUT2D eigenvalue weighted by Crippen LogP contribution is -2.10. The Morgan fingerprint density at radius 3 is 1.58 bits per heavy atom. The number of anilines is 3. The molecule has 0 unspecified atom stereocenters. The van der Waals surface area contributed by atoms with Gasteiger partial charge in [-0.15, -0.1) is 0 Å². The molecule has 1 nitrogen and oxygen atoms in total. The molecule has 0 aromatic heterocycles. The summed E-state index contributed by atoms with van der Waals surface area (Å²) in [6.07, 6.45) is 0. The summed E-state index contributed by atoms with van der Waals surface area (Å²) in [6, 6.07) is 24.3. The van der Waals surface area contributed by atoms with Crippen molar-refractivity contribution < 1.29 is 23.3 Å². The fourth-order valence-corrected chi connectivity index (χ4v) is 6.19. The molecule has 0 fully saturated rings. The zero-order valence-corrected chi connectivity index (χ0v) is 28.0. The van der Waals surface area contributed by atoms with Crippen LogP contribution in [-0.2, 0) is 0 Å². The highest BCUT2D eigenvalue weighted by Crippen LogP contribution is 2.40. The SMILES string of the molecule is [2H]c1c([2H])c([2H])c(-c2c([2H])c([2H])c(-c3c([2H])c([2H])c(N(c4ccc(-c5cccc(-c6ccccc6)c5)cc4)c4c([2H])c([2H])c([2H])c(-c5cccc6ccccc56)c4[2H])c([2H])c3[2H])c([2H])c2[2H])c([2H])c1[2H]. The lowest BCUT2D eigenvalue weighted by molar-refractivity contribution is 1.28. The van der Waals surface area contributed by atoms with Crippen LogP contribution in [0.5, 0.6) is 0 Å². The van der Waals surface area contributed by atoms with Crippen LogP contribution in [-0.4, -0.2) is 0 Å². The maximum atomic E-state index is 9.80. The van der Waals surface area contributed by atoms with Gasteiger partial charge in [-0.25, -0.2) is 0 Å². The highest BCUT2D eigenvalue weighted by atomic mass is 15.1. The Morgan fingerprint density at radius 1 is 0.321 bits per heavy atom. The summed E-state index contributed by atoms with van der Waals surface area (Å²) in [6.45, 7) is 0. The van der Waals surface area contributed by atoms with E-state index in [1.54, 1.807) is 48.5 Å². The van der Waals surface area contributed by atoms with E-state index >= 15 is 0 Å². The largest absolute Gasteiger partial charge is 0.310 e. The number of rotatable bonds is 8. The molecule has 1 heteroatoms. The first-order chi connectivity index (χ1) is 33.4. The van der Waals surface area contributed by atoms with E-state index < -0.39 is 131 Å². The van der Waals surface area contributed by atoms with Gasteiger partial charge in [-0.05, 0) is 109 Å². The van der Waals surface area contributed by atoms with Gasteiger partial charge in [0.2, 0.25) is 0 Å². The van der Waals surface area contributed by atoms with Crippen molar-refractivity contribution in [2.75, 3.05) is 4.90 Å². The minimum Gasteiger partial charge on any atom is -0.310 e. The van der Waals surface area contributed by atoms with Gasteiger partial charge in [-0.2, -0.15) is 0 Å². The van der Waals surface area contributed by atoms with Gasteiger partial charge >= 0.3 is 0 Å². The van der Waals surface area contributed by atoms with E-state index in [0.29, 0.717) is 10.9 Å². The number of benzene rings is 9. The van der Waals surface area contributed by atoms with Crippen molar-refractivity contribution in [1.82, 2.24) is 0 Å². The molecular weight excluding hydrogens is 639 g/mol. The van der Waals surface area contributed by atoms with E-state index in [-0.39, 0.29) is 16.9 Å². The second-order valence-corrected chi connectivity index (χ2v) is 12.1. The highest BCUT2D eigenvalue weighted by Gasteiger charge is 2.15. The Kier molecular flexibility index (Phi) is 5.01. The van der Waals surface area contributed by atoms with Gasteiger partial charge in [0.25, 0.3) is 0 Å². The van der Waals surface area contributed by atoms with Crippen LogP contribution in [0.1, 0.15) is 23.3 Å². The van der Waals surface area contributed by atoms with Gasteiger partial charge in [0.05, 0.1) is 23.3 Å². The molecule has 9 aromatic rings. The first-order valence-electron chi connectivity index (χ1n) is 25.3. The van der Waals surface area contributed by atoms with Crippen LogP contribution in [0, 0.1) is 0 Å². The van der Waals surface area contributed by atoms with Crippen LogP contribution < -0.4 is 4.90 Å². The molecule has 53 heavy (non-hydrogen) atoms. The van der Waals surface area contributed by atoms with Crippen LogP contribution >= 0.6 is 0 Å². The van der Waals surface area contributed by atoms with E-state index in [1.165, 1.54) is 4.90 Å². The first-order valence-corrected chi connectivity index (χ1v) is 16.8. The zero-order chi connectivity index (χ0) is 50.2. The van der Waals surface area contributed by atoms with Gasteiger partial charge in [0.15, 0.2) is 0 Å². The number of nitrogens with zero attached hydrogens (tertiary/aromatic N) is 1. The molecule has 0 amide bonds. The molecule has 250 valence electrons. The molecule has 0 aliphatic carbocycles. The normalized spacial score (nSPS) is 15.5. The Hall–Kier alpha value is -6.96. The van der Waals surface area contributed by atoms with Gasteiger partial charge in [-0.3, -0.25) is 0 Å². The summed E-state index contributed by atoms with van der Waals surface area (Å²) in [5, 5.41) is 1.42. The molecule has 0 bridgehead atoms. The second kappa shape index (κ2) is 14.3. The van der Waals surface area contributed by atoms with Crippen LogP contribution in [0.25, 0.3) is 66.4 Å². The van der Waals surface area contributed by atoms with Crippen LogP contribution in [0.2, 0.25) is 0 Å². The zero-order valence-electron chi connectivity index (χ0n) is 45.0. The lowest BCUT2D eigenvalue weighted by atomic mass is 9.97. The van der Waals surface area contributed by atoms with Gasteiger partial charge in [0.1, 0.15) is 0 Å². The summed E-state index contributed by atoms with van der Waals surface area (Å²) in [5.41, 5.74) is 0.684. The van der Waals surface area contributed by atoms with Gasteiger partial charge in [0, 0.05) is 17.1 Å². The van der Waals surface area contributed by atoms with Crippen molar-refractivity contribution in [3.05, 3.63) is 224 Å². The first kappa shape index (κ1) is 18.5. The Labute approximate surface area is 335 Å². The van der Waals surface area contributed by atoms with E-state index in [2.05, 4.69) is 0 Å². The second-order valence-electron chi connectivity index (χ2n) is 12.1.